The maximum atomic E-state index is 12.8. The molecule has 11 nitrogen and oxygen atoms in total. The number of carbonyl (C=O) groups is 4. The quantitative estimate of drug-likeness (QED) is 0.167. The molecule has 1 aromatic carbocycles. The largest absolute Gasteiger partial charge is 0.508 e. The minimum Gasteiger partial charge on any atom is -0.508 e. The van der Waals surface area contributed by atoms with Gasteiger partial charge in [0.2, 0.25) is 17.7 Å². The number of carbonyl (C=O) groups excluding carboxylic acids is 3. The number of thiol groups is 1. The van der Waals surface area contributed by atoms with Crippen LogP contribution in [0.25, 0.3) is 0 Å². The molecule has 0 radical (unpaired) electrons. The number of nitrogens with one attached hydrogen (secondary N) is 3. The van der Waals surface area contributed by atoms with Crippen molar-refractivity contribution in [3.05, 3.63) is 29.8 Å². The highest BCUT2D eigenvalue weighted by Crippen LogP contribution is 2.12. The molecule has 0 aliphatic carbocycles. The minimum atomic E-state index is -1.35. The normalized spacial score (nSPS) is 14.7. The molecule has 4 unspecified atom stereocenters. The summed E-state index contributed by atoms with van der Waals surface area (Å²) in [6.45, 7) is 2.55. The fraction of sp³-hybridized carbons (Fsp3) is 0.500. The summed E-state index contributed by atoms with van der Waals surface area (Å²) in [5, 5.41) is 35.4. The predicted octanol–water partition coefficient (Wildman–Crippen LogP) is -1.62. The van der Waals surface area contributed by atoms with Crippen LogP contribution in [0.4, 0.5) is 0 Å². The predicted molar refractivity (Wildman–Crippen MR) is 119 cm³/mol. The van der Waals surface area contributed by atoms with Crippen LogP contribution in [0.3, 0.4) is 0 Å². The number of carboxylic acid groups (broad SMARTS) is 1. The van der Waals surface area contributed by atoms with Crippen molar-refractivity contribution < 1.29 is 34.5 Å². The van der Waals surface area contributed by atoms with E-state index in [1.54, 1.807) is 13.8 Å². The van der Waals surface area contributed by atoms with E-state index < -0.39 is 60.4 Å². The van der Waals surface area contributed by atoms with Crippen molar-refractivity contribution in [2.24, 2.45) is 11.7 Å². The molecular weight excluding hydrogens is 440 g/mol. The Morgan fingerprint density at radius 1 is 0.969 bits per heavy atom. The first-order valence-corrected chi connectivity index (χ1v) is 10.5. The van der Waals surface area contributed by atoms with Crippen molar-refractivity contribution >= 4 is 36.3 Å². The Hall–Kier alpha value is -2.83. The minimum absolute atomic E-state index is 0.0214. The monoisotopic (exact) mass is 470 g/mol. The second-order valence-electron chi connectivity index (χ2n) is 7.53. The standard InChI is InChI=1S/C20H30N4O7S/c1-10(2)16(24-18(28)15(8-25)23-17(27)13(21)9-32)19(29)22-14(20(30)31)7-11-3-5-12(26)6-4-11/h3-6,10,13-16,25-26,32H,7-9,21H2,1-2H3,(H,22,29)(H,23,27)(H,24,28)(H,30,31). The number of carboxylic acids is 1. The van der Waals surface area contributed by atoms with Crippen LogP contribution >= 0.6 is 12.6 Å². The molecule has 0 aliphatic heterocycles. The maximum Gasteiger partial charge on any atom is 0.326 e. The molecule has 3 amide bonds. The van der Waals surface area contributed by atoms with Crippen LogP contribution in [-0.4, -0.2) is 75.5 Å². The van der Waals surface area contributed by atoms with Gasteiger partial charge >= 0.3 is 5.97 Å². The molecule has 12 heteroatoms. The Morgan fingerprint density at radius 2 is 1.53 bits per heavy atom. The number of aliphatic carboxylic acids is 1. The number of benzene rings is 1. The lowest BCUT2D eigenvalue weighted by Gasteiger charge is -2.26. The number of aromatic hydroxyl groups is 1. The van der Waals surface area contributed by atoms with Gasteiger partial charge in [-0.3, -0.25) is 14.4 Å². The number of rotatable bonds is 12. The van der Waals surface area contributed by atoms with Crippen LogP contribution in [0.5, 0.6) is 5.75 Å². The number of hydrogen-bond acceptors (Lipinski definition) is 8. The molecular formula is C20H30N4O7S. The second-order valence-corrected chi connectivity index (χ2v) is 7.90. The van der Waals surface area contributed by atoms with E-state index in [1.165, 1.54) is 24.3 Å². The summed E-state index contributed by atoms with van der Waals surface area (Å²) >= 11 is 3.89. The van der Waals surface area contributed by atoms with Gasteiger partial charge in [0, 0.05) is 12.2 Å². The fourth-order valence-corrected chi connectivity index (χ4v) is 2.84. The highest BCUT2D eigenvalue weighted by atomic mass is 32.1. The second kappa shape index (κ2) is 12.9. The van der Waals surface area contributed by atoms with Crippen LogP contribution in [0.15, 0.2) is 24.3 Å². The van der Waals surface area contributed by atoms with Gasteiger partial charge in [0.1, 0.15) is 23.9 Å². The summed E-state index contributed by atoms with van der Waals surface area (Å²) < 4.78 is 0. The van der Waals surface area contributed by atoms with E-state index in [0.29, 0.717) is 5.56 Å². The zero-order chi connectivity index (χ0) is 24.4. The number of phenolic OH excluding ortho intramolecular Hbond substituents is 1. The summed E-state index contributed by atoms with van der Waals surface area (Å²) in [5.41, 5.74) is 6.11. The molecule has 0 heterocycles. The smallest absolute Gasteiger partial charge is 0.326 e. The van der Waals surface area contributed by atoms with Gasteiger partial charge in [0.25, 0.3) is 0 Å². The average molecular weight is 471 g/mol. The Labute approximate surface area is 191 Å². The number of aliphatic hydroxyl groups excluding tert-OH is 1. The summed E-state index contributed by atoms with van der Waals surface area (Å²) in [6, 6.07) is 1.11. The first-order chi connectivity index (χ1) is 15.0. The van der Waals surface area contributed by atoms with Gasteiger partial charge in [-0.25, -0.2) is 4.79 Å². The summed E-state index contributed by atoms with van der Waals surface area (Å²) in [7, 11) is 0. The molecule has 4 atom stereocenters. The highest BCUT2D eigenvalue weighted by Gasteiger charge is 2.31. The zero-order valence-electron chi connectivity index (χ0n) is 17.8. The van der Waals surface area contributed by atoms with Crippen molar-refractivity contribution in [2.45, 2.75) is 44.4 Å². The average Bonchev–Trinajstić information content (AvgIpc) is 2.75. The van der Waals surface area contributed by atoms with Crippen LogP contribution in [-0.2, 0) is 25.6 Å². The maximum absolute atomic E-state index is 12.8. The van der Waals surface area contributed by atoms with Gasteiger partial charge < -0.3 is 37.0 Å². The third-order valence-electron chi connectivity index (χ3n) is 4.59. The van der Waals surface area contributed by atoms with Crippen molar-refractivity contribution in [2.75, 3.05) is 12.4 Å². The third kappa shape index (κ3) is 8.36. The molecule has 32 heavy (non-hydrogen) atoms. The molecule has 1 aromatic rings. The summed E-state index contributed by atoms with van der Waals surface area (Å²) in [6.07, 6.45) is -0.0446. The fourth-order valence-electron chi connectivity index (χ4n) is 2.67. The first kappa shape index (κ1) is 27.2. The molecule has 0 bridgehead atoms. The lowest BCUT2D eigenvalue weighted by atomic mass is 10.0. The summed E-state index contributed by atoms with van der Waals surface area (Å²) in [5.74, 6) is -3.92. The summed E-state index contributed by atoms with van der Waals surface area (Å²) in [4.78, 5) is 48.8. The van der Waals surface area contributed by atoms with Crippen LogP contribution in [0.2, 0.25) is 0 Å². The van der Waals surface area contributed by atoms with E-state index in [1.807, 2.05) is 0 Å². The lowest BCUT2D eigenvalue weighted by molar-refractivity contribution is -0.142. The van der Waals surface area contributed by atoms with Crippen molar-refractivity contribution in [1.29, 1.82) is 0 Å². The van der Waals surface area contributed by atoms with Crippen LogP contribution in [0.1, 0.15) is 19.4 Å². The van der Waals surface area contributed by atoms with Gasteiger partial charge in [-0.1, -0.05) is 26.0 Å². The number of nitrogens with two attached hydrogens (primary N) is 1. The molecule has 0 fully saturated rings. The van der Waals surface area contributed by atoms with Gasteiger partial charge in [-0.15, -0.1) is 0 Å². The Kier molecular flexibility index (Phi) is 11.0. The Morgan fingerprint density at radius 3 is 2.00 bits per heavy atom. The molecule has 0 saturated carbocycles. The van der Waals surface area contributed by atoms with Crippen LogP contribution in [0, 0.1) is 5.92 Å². The topological polar surface area (TPSA) is 191 Å². The molecule has 0 aromatic heterocycles. The highest BCUT2D eigenvalue weighted by molar-refractivity contribution is 7.80. The van der Waals surface area contributed by atoms with Crippen molar-refractivity contribution in [1.82, 2.24) is 16.0 Å². The molecule has 178 valence electrons. The molecule has 8 N–H and O–H groups in total. The molecule has 0 spiro atoms. The number of hydrogen-bond donors (Lipinski definition) is 8. The number of amides is 3. The molecule has 0 aliphatic rings. The molecule has 1 rings (SSSR count). The number of aliphatic hydroxyl groups is 1. The van der Waals surface area contributed by atoms with Gasteiger partial charge in [0.15, 0.2) is 0 Å². The van der Waals surface area contributed by atoms with E-state index in [4.69, 9.17) is 5.73 Å². The van der Waals surface area contributed by atoms with E-state index in [0.717, 1.165) is 0 Å². The van der Waals surface area contributed by atoms with Gasteiger partial charge in [-0.2, -0.15) is 12.6 Å². The van der Waals surface area contributed by atoms with Crippen LogP contribution < -0.4 is 21.7 Å². The lowest BCUT2D eigenvalue weighted by Crippen LogP contribution is -2.59. The zero-order valence-corrected chi connectivity index (χ0v) is 18.7. The third-order valence-corrected chi connectivity index (χ3v) is 4.98. The van der Waals surface area contributed by atoms with E-state index in [9.17, 15) is 34.5 Å². The Bertz CT molecular complexity index is 804. The van der Waals surface area contributed by atoms with Crippen molar-refractivity contribution in [3.63, 3.8) is 0 Å². The van der Waals surface area contributed by atoms with Gasteiger partial charge in [-0.05, 0) is 23.6 Å². The first-order valence-electron chi connectivity index (χ1n) is 9.89. The Balaban J connectivity index is 2.88. The van der Waals surface area contributed by atoms with E-state index in [2.05, 4.69) is 28.6 Å². The van der Waals surface area contributed by atoms with E-state index in [-0.39, 0.29) is 17.9 Å². The SMILES string of the molecule is CC(C)C(NC(=O)C(CO)NC(=O)C(N)CS)C(=O)NC(Cc1ccc(O)cc1)C(=O)O. The molecule has 0 saturated heterocycles. The van der Waals surface area contributed by atoms with Gasteiger partial charge in [0.05, 0.1) is 12.6 Å². The van der Waals surface area contributed by atoms with E-state index >= 15 is 0 Å². The number of phenols is 1. The van der Waals surface area contributed by atoms with Crippen molar-refractivity contribution in [3.8, 4) is 5.75 Å².